The van der Waals surface area contributed by atoms with Crippen molar-refractivity contribution in [3.05, 3.63) is 101 Å². The molecule has 0 bridgehead atoms. The summed E-state index contributed by atoms with van der Waals surface area (Å²) < 4.78 is 30.8. The van der Waals surface area contributed by atoms with Crippen molar-refractivity contribution in [2.45, 2.75) is 18.8 Å². The first-order valence-electron chi connectivity index (χ1n) is 14.1. The molecule has 1 N–H and O–H groups in total. The molecule has 7 rings (SSSR count). The zero-order chi connectivity index (χ0) is 31.1. The van der Waals surface area contributed by atoms with Gasteiger partial charge in [-0.25, -0.2) is 18.9 Å². The van der Waals surface area contributed by atoms with E-state index in [-0.39, 0.29) is 29.0 Å². The Kier molecular flexibility index (Phi) is 7.33. The van der Waals surface area contributed by atoms with Crippen molar-refractivity contribution >= 4 is 34.6 Å². The number of hydrogen-bond donors (Lipinski definition) is 1. The van der Waals surface area contributed by atoms with E-state index >= 15 is 0 Å². The summed E-state index contributed by atoms with van der Waals surface area (Å²) in [6, 6.07) is 12.2. The monoisotopic (exact) mass is 625 g/mol. The van der Waals surface area contributed by atoms with Gasteiger partial charge in [0.2, 0.25) is 5.95 Å². The standard InChI is InChI=1S/C31H25F2N9O2S/c1-40-29(19-9-12-41(13-10-19)31(44)23-15-34-17-45-23)27(28(39-40)18-2-4-21(32)5-3-18)22-6-7-26-36-25(16-42(26)38-22)37-30(43)20-8-11-35-24(33)14-20/h2-8,11,14-17,19H,9-10,12-13H2,1H3,(H,37,43). The third-order valence-corrected chi connectivity index (χ3v) is 8.59. The van der Waals surface area contributed by atoms with Gasteiger partial charge in [0.25, 0.3) is 11.8 Å². The number of amides is 2. The van der Waals surface area contributed by atoms with Crippen LogP contribution >= 0.6 is 11.3 Å². The number of halogens is 2. The molecule has 1 aliphatic heterocycles. The normalized spacial score (nSPS) is 13.8. The number of likely N-dealkylation sites (tertiary alicyclic amines) is 1. The number of thiazole rings is 1. The van der Waals surface area contributed by atoms with Crippen molar-refractivity contribution in [1.29, 1.82) is 0 Å². The van der Waals surface area contributed by atoms with Crippen molar-refractivity contribution in [2.24, 2.45) is 7.05 Å². The van der Waals surface area contributed by atoms with E-state index in [2.05, 4.69) is 20.3 Å². The predicted molar refractivity (Wildman–Crippen MR) is 163 cm³/mol. The molecule has 0 spiro atoms. The Balaban J connectivity index is 1.23. The molecule has 1 aliphatic rings. The van der Waals surface area contributed by atoms with Crippen LogP contribution in [0, 0.1) is 11.8 Å². The molecule has 226 valence electrons. The summed E-state index contributed by atoms with van der Waals surface area (Å²) in [6.45, 7) is 1.16. The van der Waals surface area contributed by atoms with Crippen LogP contribution < -0.4 is 5.32 Å². The Morgan fingerprint density at radius 2 is 1.82 bits per heavy atom. The fourth-order valence-corrected chi connectivity index (χ4v) is 6.30. The summed E-state index contributed by atoms with van der Waals surface area (Å²) in [4.78, 5) is 40.1. The number of pyridine rings is 1. The molecule has 1 aromatic carbocycles. The number of imidazole rings is 1. The smallest absolute Gasteiger partial charge is 0.265 e. The van der Waals surface area contributed by atoms with Crippen LogP contribution in [0.4, 0.5) is 14.6 Å². The van der Waals surface area contributed by atoms with Crippen LogP contribution in [0.2, 0.25) is 0 Å². The lowest BCUT2D eigenvalue weighted by Crippen LogP contribution is -2.38. The molecule has 0 radical (unpaired) electrons. The summed E-state index contributed by atoms with van der Waals surface area (Å²) in [6.07, 6.45) is 5.83. The molecule has 11 nitrogen and oxygen atoms in total. The predicted octanol–water partition coefficient (Wildman–Crippen LogP) is 5.20. The minimum absolute atomic E-state index is 0.0163. The SMILES string of the molecule is Cn1nc(-c2ccc(F)cc2)c(-c2ccc3nc(NC(=O)c4ccnc(F)c4)cn3n2)c1C1CCN(C(=O)c2cncs2)CC1. The van der Waals surface area contributed by atoms with E-state index in [0.717, 1.165) is 35.7 Å². The van der Waals surface area contributed by atoms with Gasteiger partial charge in [-0.3, -0.25) is 19.3 Å². The summed E-state index contributed by atoms with van der Waals surface area (Å²) in [7, 11) is 1.88. The zero-order valence-corrected chi connectivity index (χ0v) is 24.7. The maximum Gasteiger partial charge on any atom is 0.265 e. The number of fused-ring (bicyclic) bond motifs is 1. The van der Waals surface area contributed by atoms with Crippen LogP contribution in [-0.2, 0) is 7.05 Å². The molecule has 5 aromatic heterocycles. The highest BCUT2D eigenvalue weighted by Crippen LogP contribution is 2.40. The fraction of sp³-hybridized carbons (Fsp3) is 0.194. The molecule has 2 amide bonds. The molecular weight excluding hydrogens is 600 g/mol. The highest BCUT2D eigenvalue weighted by molar-refractivity contribution is 7.11. The van der Waals surface area contributed by atoms with Gasteiger partial charge in [-0.05, 0) is 55.3 Å². The quantitative estimate of drug-likeness (QED) is 0.253. The second-order valence-corrected chi connectivity index (χ2v) is 11.5. The number of hydrogen-bond acceptors (Lipinski definition) is 8. The Bertz CT molecular complexity index is 2030. The second kappa shape index (κ2) is 11.6. The molecule has 6 aromatic rings. The van der Waals surface area contributed by atoms with Crippen LogP contribution in [0.25, 0.3) is 28.2 Å². The maximum absolute atomic E-state index is 13.9. The molecule has 0 atom stereocenters. The van der Waals surface area contributed by atoms with E-state index in [1.54, 1.807) is 40.6 Å². The van der Waals surface area contributed by atoms with Crippen LogP contribution in [0.3, 0.4) is 0 Å². The van der Waals surface area contributed by atoms with Crippen molar-refractivity contribution in [3.8, 4) is 22.5 Å². The number of carbonyl (C=O) groups is 2. The van der Waals surface area contributed by atoms with E-state index < -0.39 is 11.9 Å². The van der Waals surface area contributed by atoms with Gasteiger partial charge in [0.15, 0.2) is 11.5 Å². The molecule has 14 heteroatoms. The van der Waals surface area contributed by atoms with Gasteiger partial charge in [-0.15, -0.1) is 11.3 Å². The molecule has 6 heterocycles. The lowest BCUT2D eigenvalue weighted by molar-refractivity contribution is 0.0716. The average molecular weight is 626 g/mol. The molecule has 0 saturated carbocycles. The molecular formula is C31H25F2N9O2S. The number of rotatable bonds is 6. The third kappa shape index (κ3) is 5.55. The van der Waals surface area contributed by atoms with Crippen LogP contribution in [-0.4, -0.2) is 64.2 Å². The number of nitrogens with zero attached hydrogens (tertiary/aromatic N) is 8. The zero-order valence-electron chi connectivity index (χ0n) is 23.9. The highest BCUT2D eigenvalue weighted by atomic mass is 32.1. The number of nitrogens with one attached hydrogen (secondary N) is 1. The highest BCUT2D eigenvalue weighted by Gasteiger charge is 2.31. The molecule has 0 unspecified atom stereocenters. The molecule has 45 heavy (non-hydrogen) atoms. The Morgan fingerprint density at radius 1 is 1.02 bits per heavy atom. The lowest BCUT2D eigenvalue weighted by atomic mass is 9.88. The molecule has 1 saturated heterocycles. The Hall–Kier alpha value is -5.37. The van der Waals surface area contributed by atoms with E-state index in [1.807, 2.05) is 22.7 Å². The first-order valence-corrected chi connectivity index (χ1v) is 15.0. The maximum atomic E-state index is 13.9. The van der Waals surface area contributed by atoms with E-state index in [9.17, 15) is 18.4 Å². The van der Waals surface area contributed by atoms with Crippen molar-refractivity contribution in [1.82, 2.24) is 39.2 Å². The van der Waals surface area contributed by atoms with Gasteiger partial charge in [-0.1, -0.05) is 0 Å². The van der Waals surface area contributed by atoms with Gasteiger partial charge in [0.05, 0.1) is 34.9 Å². The van der Waals surface area contributed by atoms with Crippen molar-refractivity contribution in [3.63, 3.8) is 0 Å². The first-order chi connectivity index (χ1) is 21.8. The van der Waals surface area contributed by atoms with E-state index in [0.29, 0.717) is 35.0 Å². The van der Waals surface area contributed by atoms with Crippen molar-refractivity contribution < 1.29 is 18.4 Å². The number of carbonyl (C=O) groups excluding carboxylic acids is 2. The minimum Gasteiger partial charge on any atom is -0.338 e. The van der Waals surface area contributed by atoms with E-state index in [4.69, 9.17) is 10.2 Å². The average Bonchev–Trinajstić information content (AvgIpc) is 3.80. The van der Waals surface area contributed by atoms with Gasteiger partial charge >= 0.3 is 0 Å². The van der Waals surface area contributed by atoms with E-state index in [1.165, 1.54) is 35.7 Å². The van der Waals surface area contributed by atoms with Crippen LogP contribution in [0.15, 0.2) is 72.6 Å². The van der Waals surface area contributed by atoms with Gasteiger partial charge in [0, 0.05) is 49.4 Å². The van der Waals surface area contributed by atoms with Crippen LogP contribution in [0.5, 0.6) is 0 Å². The third-order valence-electron chi connectivity index (χ3n) is 7.83. The summed E-state index contributed by atoms with van der Waals surface area (Å²) in [5, 5.41) is 12.4. The number of aromatic nitrogens is 7. The summed E-state index contributed by atoms with van der Waals surface area (Å²) in [5.74, 6) is -1.34. The lowest BCUT2D eigenvalue weighted by Gasteiger charge is -2.32. The van der Waals surface area contributed by atoms with Gasteiger partial charge < -0.3 is 10.2 Å². The van der Waals surface area contributed by atoms with Crippen LogP contribution in [0.1, 0.15) is 44.5 Å². The van der Waals surface area contributed by atoms with Crippen molar-refractivity contribution in [2.75, 3.05) is 18.4 Å². The summed E-state index contributed by atoms with van der Waals surface area (Å²) >= 11 is 1.33. The minimum atomic E-state index is -0.759. The van der Waals surface area contributed by atoms with Gasteiger partial charge in [0.1, 0.15) is 16.4 Å². The number of benzene rings is 1. The number of aryl methyl sites for hydroxylation is 1. The largest absolute Gasteiger partial charge is 0.338 e. The molecule has 1 fully saturated rings. The number of anilines is 1. The van der Waals surface area contributed by atoms with Gasteiger partial charge in [-0.2, -0.15) is 14.6 Å². The Labute approximate surface area is 259 Å². The molecule has 0 aliphatic carbocycles. The number of piperidine rings is 1. The topological polar surface area (TPSA) is 123 Å². The fourth-order valence-electron chi connectivity index (χ4n) is 5.71. The Morgan fingerprint density at radius 3 is 2.56 bits per heavy atom. The first kappa shape index (κ1) is 28.4. The second-order valence-electron chi connectivity index (χ2n) is 10.6. The summed E-state index contributed by atoms with van der Waals surface area (Å²) in [5.41, 5.74) is 5.99.